The third-order valence-corrected chi connectivity index (χ3v) is 4.10. The summed E-state index contributed by atoms with van der Waals surface area (Å²) in [6.07, 6.45) is 3.77. The van der Waals surface area contributed by atoms with Crippen molar-refractivity contribution in [2.75, 3.05) is 13.2 Å². The molecule has 0 bridgehead atoms. The van der Waals surface area contributed by atoms with Gasteiger partial charge in [-0.25, -0.2) is 0 Å². The lowest BCUT2D eigenvalue weighted by atomic mass is 10.2. The van der Waals surface area contributed by atoms with Crippen LogP contribution in [0.3, 0.4) is 0 Å². The smallest absolute Gasteiger partial charge is 0.387 e. The van der Waals surface area contributed by atoms with Gasteiger partial charge < -0.3 is 14.8 Å². The van der Waals surface area contributed by atoms with E-state index < -0.39 is 6.61 Å². The van der Waals surface area contributed by atoms with Gasteiger partial charge in [-0.2, -0.15) is 8.78 Å². The molecule has 1 aromatic heterocycles. The molecule has 2 aromatic rings. The number of benzene rings is 1. The van der Waals surface area contributed by atoms with Crippen molar-refractivity contribution in [3.05, 3.63) is 52.2 Å². The molecular weight excluding hydrogens is 348 g/mol. The van der Waals surface area contributed by atoms with Crippen LogP contribution in [0.2, 0.25) is 0 Å². The van der Waals surface area contributed by atoms with Crippen molar-refractivity contribution in [3.8, 4) is 11.5 Å². The van der Waals surface area contributed by atoms with Crippen LogP contribution in [0.4, 0.5) is 8.78 Å². The Morgan fingerprint density at radius 3 is 2.84 bits per heavy atom. The minimum atomic E-state index is -2.92. The van der Waals surface area contributed by atoms with E-state index in [9.17, 15) is 13.6 Å². The fourth-order valence-electron chi connectivity index (χ4n) is 2.08. The molecule has 7 heteroatoms. The highest BCUT2D eigenvalue weighted by Gasteiger charge is 2.11. The lowest BCUT2D eigenvalue weighted by molar-refractivity contribution is -0.116. The quantitative estimate of drug-likeness (QED) is 0.678. The summed E-state index contributed by atoms with van der Waals surface area (Å²) in [4.78, 5) is 13.0. The summed E-state index contributed by atoms with van der Waals surface area (Å²) in [6.45, 7) is -0.310. The summed E-state index contributed by atoms with van der Waals surface area (Å²) in [5.74, 6) is -0.0418. The molecule has 134 valence electrons. The van der Waals surface area contributed by atoms with Crippen molar-refractivity contribution in [2.24, 2.45) is 0 Å². The lowest BCUT2D eigenvalue weighted by Crippen LogP contribution is -2.23. The third kappa shape index (κ3) is 6.54. The fraction of sp³-hybridized carbons (Fsp3) is 0.278. The van der Waals surface area contributed by atoms with Crippen LogP contribution in [0.15, 0.2) is 41.8 Å². The van der Waals surface area contributed by atoms with E-state index in [1.807, 2.05) is 17.5 Å². The minimum absolute atomic E-state index is 0.0330. The van der Waals surface area contributed by atoms with Crippen LogP contribution in [0, 0.1) is 0 Å². The first-order valence-corrected chi connectivity index (χ1v) is 8.66. The van der Waals surface area contributed by atoms with Crippen LogP contribution in [-0.2, 0) is 11.2 Å². The number of ether oxygens (including phenoxy) is 2. The Morgan fingerprint density at radius 2 is 2.16 bits per heavy atom. The zero-order valence-electron chi connectivity index (χ0n) is 13.7. The number of halogens is 2. The highest BCUT2D eigenvalue weighted by Crippen LogP contribution is 2.30. The van der Waals surface area contributed by atoms with E-state index in [1.54, 1.807) is 36.5 Å². The number of alkyl halides is 2. The summed E-state index contributed by atoms with van der Waals surface area (Å²) >= 11 is 1.65. The molecule has 0 spiro atoms. The molecular formula is C18H19F2NO3S. The topological polar surface area (TPSA) is 47.6 Å². The lowest BCUT2D eigenvalue weighted by Gasteiger charge is -2.11. The van der Waals surface area contributed by atoms with Gasteiger partial charge in [-0.05, 0) is 48.6 Å². The van der Waals surface area contributed by atoms with Gasteiger partial charge in [0.1, 0.15) is 0 Å². The molecule has 1 amide bonds. The molecule has 0 fully saturated rings. The highest BCUT2D eigenvalue weighted by molar-refractivity contribution is 7.09. The SMILES string of the molecule is CCOc1cc(/C=C/C(=O)NCCc2cccs2)ccc1OC(F)F. The Labute approximate surface area is 149 Å². The van der Waals surface area contributed by atoms with Crippen LogP contribution < -0.4 is 14.8 Å². The van der Waals surface area contributed by atoms with E-state index in [0.29, 0.717) is 18.7 Å². The molecule has 1 aromatic carbocycles. The predicted molar refractivity (Wildman–Crippen MR) is 94.3 cm³/mol. The summed E-state index contributed by atoms with van der Waals surface area (Å²) < 4.78 is 34.4. The number of hydrogen-bond donors (Lipinski definition) is 1. The highest BCUT2D eigenvalue weighted by atomic mass is 32.1. The molecule has 0 radical (unpaired) electrons. The average molecular weight is 367 g/mol. The summed E-state index contributed by atoms with van der Waals surface area (Å²) in [5.41, 5.74) is 0.651. The second-order valence-corrected chi connectivity index (χ2v) is 6.00. The molecule has 2 rings (SSSR count). The van der Waals surface area contributed by atoms with Crippen molar-refractivity contribution in [1.29, 1.82) is 0 Å². The van der Waals surface area contributed by atoms with Crippen molar-refractivity contribution in [2.45, 2.75) is 20.0 Å². The number of carbonyl (C=O) groups is 1. The standard InChI is InChI=1S/C18H19F2NO3S/c1-2-23-16-12-13(5-7-15(16)24-18(19)20)6-8-17(22)21-10-9-14-4-3-11-25-14/h3-8,11-12,18H,2,9-10H2,1H3,(H,21,22)/b8-6+. The van der Waals surface area contributed by atoms with E-state index in [4.69, 9.17) is 4.74 Å². The monoisotopic (exact) mass is 367 g/mol. The first-order chi connectivity index (χ1) is 12.1. The Kier molecular flexibility index (Phi) is 7.40. The van der Waals surface area contributed by atoms with E-state index in [0.717, 1.165) is 6.42 Å². The van der Waals surface area contributed by atoms with E-state index in [-0.39, 0.29) is 17.4 Å². The van der Waals surface area contributed by atoms with Crippen LogP contribution in [0.25, 0.3) is 6.08 Å². The molecule has 0 saturated carbocycles. The minimum Gasteiger partial charge on any atom is -0.490 e. The molecule has 0 atom stereocenters. The molecule has 1 heterocycles. The number of thiophene rings is 1. The number of carbonyl (C=O) groups excluding carboxylic acids is 1. The second-order valence-electron chi connectivity index (χ2n) is 4.97. The summed E-state index contributed by atoms with van der Waals surface area (Å²) in [6, 6.07) is 8.52. The number of hydrogen-bond acceptors (Lipinski definition) is 4. The Balaban J connectivity index is 1.92. The number of rotatable bonds is 9. The average Bonchev–Trinajstić information content (AvgIpc) is 3.08. The normalized spacial score (nSPS) is 11.0. The van der Waals surface area contributed by atoms with Crippen molar-refractivity contribution < 1.29 is 23.0 Å². The first-order valence-electron chi connectivity index (χ1n) is 7.78. The van der Waals surface area contributed by atoms with Gasteiger partial charge in [0.2, 0.25) is 5.91 Å². The van der Waals surface area contributed by atoms with Crippen molar-refractivity contribution >= 4 is 23.3 Å². The summed E-state index contributed by atoms with van der Waals surface area (Å²) in [5, 5.41) is 4.79. The van der Waals surface area contributed by atoms with Crippen molar-refractivity contribution in [1.82, 2.24) is 5.32 Å². The maximum atomic E-state index is 12.4. The van der Waals surface area contributed by atoms with Gasteiger partial charge in [0.25, 0.3) is 0 Å². The zero-order chi connectivity index (χ0) is 18.1. The molecule has 4 nitrogen and oxygen atoms in total. The largest absolute Gasteiger partial charge is 0.490 e. The zero-order valence-corrected chi connectivity index (χ0v) is 14.5. The molecule has 0 aliphatic carbocycles. The van der Waals surface area contributed by atoms with Gasteiger partial charge in [0, 0.05) is 17.5 Å². The van der Waals surface area contributed by atoms with Crippen LogP contribution in [0.5, 0.6) is 11.5 Å². The summed E-state index contributed by atoms with van der Waals surface area (Å²) in [7, 11) is 0. The predicted octanol–water partition coefficient (Wildman–Crippen LogP) is 4.12. The van der Waals surface area contributed by atoms with Gasteiger partial charge in [-0.3, -0.25) is 4.79 Å². The van der Waals surface area contributed by atoms with Crippen molar-refractivity contribution in [3.63, 3.8) is 0 Å². The van der Waals surface area contributed by atoms with Gasteiger partial charge in [-0.15, -0.1) is 11.3 Å². The Bertz CT molecular complexity index is 702. The Hall–Kier alpha value is -2.41. The third-order valence-electron chi connectivity index (χ3n) is 3.16. The van der Waals surface area contributed by atoms with Crippen LogP contribution >= 0.6 is 11.3 Å². The maximum Gasteiger partial charge on any atom is 0.387 e. The Morgan fingerprint density at radius 1 is 1.32 bits per heavy atom. The number of nitrogens with one attached hydrogen (secondary N) is 1. The van der Waals surface area contributed by atoms with Crippen LogP contribution in [-0.4, -0.2) is 25.7 Å². The van der Waals surface area contributed by atoms with Gasteiger partial charge in [0.05, 0.1) is 6.61 Å². The molecule has 0 aliphatic heterocycles. The molecule has 1 N–H and O–H groups in total. The number of amides is 1. The van der Waals surface area contributed by atoms with E-state index >= 15 is 0 Å². The molecule has 0 aliphatic rings. The van der Waals surface area contributed by atoms with Crippen LogP contribution in [0.1, 0.15) is 17.4 Å². The second kappa shape index (κ2) is 9.78. The maximum absolute atomic E-state index is 12.4. The molecule has 25 heavy (non-hydrogen) atoms. The molecule has 0 unspecified atom stereocenters. The van der Waals surface area contributed by atoms with Gasteiger partial charge in [-0.1, -0.05) is 12.1 Å². The van der Waals surface area contributed by atoms with E-state index in [2.05, 4.69) is 10.1 Å². The first kappa shape index (κ1) is 18.9. The molecule has 0 saturated heterocycles. The van der Waals surface area contributed by atoms with E-state index in [1.165, 1.54) is 17.0 Å². The fourth-order valence-corrected chi connectivity index (χ4v) is 2.79. The van der Waals surface area contributed by atoms with Gasteiger partial charge >= 0.3 is 6.61 Å². The van der Waals surface area contributed by atoms with Gasteiger partial charge in [0.15, 0.2) is 11.5 Å².